The summed E-state index contributed by atoms with van der Waals surface area (Å²) < 4.78 is 6.57. The van der Waals surface area contributed by atoms with Gasteiger partial charge >= 0.3 is 124 Å². The van der Waals surface area contributed by atoms with Crippen LogP contribution >= 0.6 is 0 Å². The van der Waals surface area contributed by atoms with Crippen LogP contribution in [-0.2, 0) is 0 Å². The van der Waals surface area contributed by atoms with Crippen molar-refractivity contribution < 1.29 is 0 Å². The van der Waals surface area contributed by atoms with Crippen molar-refractivity contribution in [2.75, 3.05) is 0 Å². The third-order valence-corrected chi connectivity index (χ3v) is 21.3. The molecular formula is C16H32N2Sn. The average Bonchev–Trinajstić information content (AvgIpc) is 2.94. The third-order valence-electron chi connectivity index (χ3n) is 4.58. The number of imidazole rings is 1. The first-order chi connectivity index (χ1) is 9.21. The quantitative estimate of drug-likeness (QED) is 0.499. The Labute approximate surface area is 124 Å². The van der Waals surface area contributed by atoms with Crippen molar-refractivity contribution >= 4 is 18.7 Å². The van der Waals surface area contributed by atoms with Crippen LogP contribution in [0.5, 0.6) is 0 Å². The molecule has 0 aliphatic heterocycles. The molecule has 1 aromatic rings. The van der Waals surface area contributed by atoms with Crippen molar-refractivity contribution in [1.82, 2.24) is 7.77 Å². The van der Waals surface area contributed by atoms with Crippen molar-refractivity contribution in [3.63, 3.8) is 0 Å². The molecule has 1 unspecified atom stereocenters. The monoisotopic (exact) mass is 372 g/mol. The molecule has 2 nitrogen and oxygen atoms in total. The summed E-state index contributed by atoms with van der Waals surface area (Å²) in [6, 6.07) is 0. The Kier molecular flexibility index (Phi) is 8.12. The van der Waals surface area contributed by atoms with E-state index in [0.717, 1.165) is 3.93 Å². The van der Waals surface area contributed by atoms with Gasteiger partial charge in [-0.15, -0.1) is 0 Å². The van der Waals surface area contributed by atoms with Gasteiger partial charge in [0.15, 0.2) is 0 Å². The molecule has 1 atom stereocenters. The molecule has 19 heavy (non-hydrogen) atoms. The predicted molar refractivity (Wildman–Crippen MR) is 87.1 cm³/mol. The molecule has 1 aromatic heterocycles. The van der Waals surface area contributed by atoms with E-state index in [1.165, 1.54) is 47.4 Å². The van der Waals surface area contributed by atoms with Gasteiger partial charge in [-0.3, -0.25) is 0 Å². The van der Waals surface area contributed by atoms with Gasteiger partial charge in [0.25, 0.3) is 0 Å². The minimum atomic E-state index is -2.31. The number of rotatable bonds is 10. The molecular weight excluding hydrogens is 339 g/mol. The summed E-state index contributed by atoms with van der Waals surface area (Å²) in [6.45, 7) is 9.52. The molecule has 110 valence electrons. The number of unbranched alkanes of at least 4 members (excludes halogenated alkanes) is 2. The third kappa shape index (κ3) is 4.50. The number of hydrogen-bond acceptors (Lipinski definition) is 1. The topological polar surface area (TPSA) is 17.8 Å². The first-order valence-electron chi connectivity index (χ1n) is 8.19. The Balaban J connectivity index is 3.00. The second-order valence-electron chi connectivity index (χ2n) is 5.97. The van der Waals surface area contributed by atoms with Crippen molar-refractivity contribution in [2.45, 2.75) is 79.0 Å². The van der Waals surface area contributed by atoms with E-state index in [1.54, 1.807) is 0 Å². The fourth-order valence-corrected chi connectivity index (χ4v) is 19.5. The van der Waals surface area contributed by atoms with Crippen LogP contribution in [0.1, 0.15) is 66.2 Å². The normalized spacial score (nSPS) is 13.7. The number of nitrogens with zero attached hydrogens (tertiary/aromatic N) is 2. The molecule has 0 spiro atoms. The van der Waals surface area contributed by atoms with E-state index in [0.29, 0.717) is 0 Å². The summed E-state index contributed by atoms with van der Waals surface area (Å²) >= 11 is -2.31. The Hall–Kier alpha value is 0.00870. The van der Waals surface area contributed by atoms with E-state index < -0.39 is 18.7 Å². The summed E-state index contributed by atoms with van der Waals surface area (Å²) in [4.78, 5) is 4.36. The Morgan fingerprint density at radius 1 is 1.05 bits per heavy atom. The fraction of sp³-hybridized carbons (Fsp3) is 0.812. The van der Waals surface area contributed by atoms with Crippen molar-refractivity contribution in [3.8, 4) is 0 Å². The van der Waals surface area contributed by atoms with Crippen LogP contribution in [0.2, 0.25) is 12.8 Å². The second kappa shape index (κ2) is 9.04. The first kappa shape index (κ1) is 17.1. The van der Waals surface area contributed by atoms with Gasteiger partial charge in [-0.05, 0) is 0 Å². The zero-order chi connectivity index (χ0) is 14.1. The molecule has 0 aliphatic carbocycles. The van der Waals surface area contributed by atoms with Crippen LogP contribution in [-0.4, -0.2) is 26.4 Å². The molecule has 0 saturated heterocycles. The molecule has 3 heteroatoms. The molecule has 0 aliphatic rings. The van der Waals surface area contributed by atoms with Gasteiger partial charge in [0.2, 0.25) is 0 Å². The summed E-state index contributed by atoms with van der Waals surface area (Å²) in [6.07, 6.45) is 14.6. The Bertz CT molecular complexity index is 313. The van der Waals surface area contributed by atoms with E-state index in [4.69, 9.17) is 0 Å². The van der Waals surface area contributed by atoms with E-state index in [-0.39, 0.29) is 0 Å². The molecule has 0 aromatic carbocycles. The van der Waals surface area contributed by atoms with Gasteiger partial charge in [0.1, 0.15) is 0 Å². The maximum absolute atomic E-state index is 4.36. The van der Waals surface area contributed by atoms with Crippen LogP contribution in [0.4, 0.5) is 0 Å². The molecule has 1 rings (SSSR count). The van der Waals surface area contributed by atoms with Gasteiger partial charge in [-0.1, -0.05) is 0 Å². The van der Waals surface area contributed by atoms with Gasteiger partial charge in [-0.25, -0.2) is 0 Å². The van der Waals surface area contributed by atoms with Gasteiger partial charge < -0.3 is 0 Å². The number of aromatic nitrogens is 2. The molecule has 0 radical (unpaired) electrons. The molecule has 0 fully saturated rings. The molecule has 1 heterocycles. The van der Waals surface area contributed by atoms with Crippen LogP contribution in [0.15, 0.2) is 18.7 Å². The molecule has 0 bridgehead atoms. The van der Waals surface area contributed by atoms with E-state index in [9.17, 15) is 0 Å². The second-order valence-corrected chi connectivity index (χ2v) is 19.4. The Morgan fingerprint density at radius 2 is 1.68 bits per heavy atom. The van der Waals surface area contributed by atoms with Crippen LogP contribution in [0.3, 0.4) is 0 Å². The first-order valence-corrected chi connectivity index (χ1v) is 15.2. The zero-order valence-electron chi connectivity index (χ0n) is 13.4. The van der Waals surface area contributed by atoms with E-state index >= 15 is 0 Å². The van der Waals surface area contributed by atoms with Crippen LogP contribution in [0.25, 0.3) is 0 Å². The van der Waals surface area contributed by atoms with Crippen LogP contribution < -0.4 is 0 Å². The van der Waals surface area contributed by atoms with Crippen LogP contribution in [0, 0.1) is 0 Å². The maximum atomic E-state index is 4.36. The molecule has 0 amide bonds. The summed E-state index contributed by atoms with van der Waals surface area (Å²) in [5.41, 5.74) is 0. The van der Waals surface area contributed by atoms with E-state index in [2.05, 4.69) is 48.0 Å². The van der Waals surface area contributed by atoms with E-state index in [1.807, 2.05) is 6.20 Å². The standard InChI is InChI=1S/C5H11.2C4H9.C3H3N2.Sn/c1-3-5-4-2;2*1-3-4-2;1-2-5-3-4-1;/h3H,4-5H2,1-2H3;2*1,3-4H2,2H3;1-3H;/q;;;-1;+1. The molecule has 0 saturated carbocycles. The Morgan fingerprint density at radius 3 is 2.11 bits per heavy atom. The van der Waals surface area contributed by atoms with Gasteiger partial charge in [0, 0.05) is 0 Å². The fourth-order valence-electron chi connectivity index (χ4n) is 3.32. The van der Waals surface area contributed by atoms with Crippen molar-refractivity contribution in [1.29, 1.82) is 0 Å². The van der Waals surface area contributed by atoms with Gasteiger partial charge in [-0.2, -0.15) is 0 Å². The summed E-state index contributed by atoms with van der Waals surface area (Å²) in [5, 5.41) is 0. The van der Waals surface area contributed by atoms with Gasteiger partial charge in [0.05, 0.1) is 0 Å². The SMILES string of the molecule is CCC[CH2][Sn]([CH2]CCC)([CH](C)CCC)[n]1ccnc1. The average molecular weight is 371 g/mol. The van der Waals surface area contributed by atoms with Crippen molar-refractivity contribution in [3.05, 3.63) is 18.7 Å². The zero-order valence-corrected chi connectivity index (χ0v) is 16.2. The number of hydrogen-bond donors (Lipinski definition) is 0. The minimum absolute atomic E-state index is 0.937. The summed E-state index contributed by atoms with van der Waals surface area (Å²) in [7, 11) is 0. The predicted octanol–water partition coefficient (Wildman–Crippen LogP) is 5.47. The van der Waals surface area contributed by atoms with Crippen molar-refractivity contribution in [2.24, 2.45) is 0 Å². The summed E-state index contributed by atoms with van der Waals surface area (Å²) in [5.74, 6) is 0. The molecule has 0 N–H and O–H groups in total.